The maximum absolute atomic E-state index is 13.2. The van der Waals surface area contributed by atoms with Gasteiger partial charge in [0.1, 0.15) is 5.82 Å². The fourth-order valence-electron chi connectivity index (χ4n) is 4.55. The predicted molar refractivity (Wildman–Crippen MR) is 121 cm³/mol. The van der Waals surface area contributed by atoms with Crippen LogP contribution in [-0.2, 0) is 4.79 Å². The second-order valence-electron chi connectivity index (χ2n) is 8.40. The lowest BCUT2D eigenvalue weighted by Gasteiger charge is -2.37. The Balaban J connectivity index is 1.42. The molecule has 1 unspecified atom stereocenters. The molecule has 4 rings (SSSR count). The summed E-state index contributed by atoms with van der Waals surface area (Å²) in [6.07, 6.45) is 4.56. The van der Waals surface area contributed by atoms with Crippen molar-refractivity contribution in [1.82, 2.24) is 14.9 Å². The normalized spacial score (nSPS) is 18.4. The minimum absolute atomic E-state index is 0.0512. The Hall–Kier alpha value is -2.63. The summed E-state index contributed by atoms with van der Waals surface area (Å²) >= 11 is 0. The molecule has 0 aliphatic carbocycles. The van der Waals surface area contributed by atoms with Crippen LogP contribution in [0.1, 0.15) is 49.8 Å². The lowest BCUT2D eigenvalue weighted by Crippen LogP contribution is -2.50. The second-order valence-corrected chi connectivity index (χ2v) is 8.40. The first kappa shape index (κ1) is 20.6. The standard InChI is InChI=1S/C24H33N5O/c1-3-21(20-10-6-4-7-11-20)23(30)28-16-14-27(15-17-28)22-18-19(2)25-24(26-22)29-12-8-5-9-13-29/h4,6-7,10-11,18,21H,3,5,8-9,12-17H2,1-2H3. The van der Waals surface area contributed by atoms with Gasteiger partial charge >= 0.3 is 0 Å². The molecule has 1 aromatic heterocycles. The largest absolute Gasteiger partial charge is 0.353 e. The van der Waals surface area contributed by atoms with Crippen LogP contribution in [0.15, 0.2) is 36.4 Å². The zero-order valence-corrected chi connectivity index (χ0v) is 18.3. The number of aryl methyl sites for hydroxylation is 1. The van der Waals surface area contributed by atoms with Crippen molar-refractivity contribution in [2.75, 3.05) is 49.1 Å². The van der Waals surface area contributed by atoms with E-state index in [2.05, 4.69) is 39.9 Å². The van der Waals surface area contributed by atoms with Gasteiger partial charge in [-0.25, -0.2) is 4.98 Å². The summed E-state index contributed by atoms with van der Waals surface area (Å²) < 4.78 is 0. The fraction of sp³-hybridized carbons (Fsp3) is 0.542. The number of piperazine rings is 1. The van der Waals surface area contributed by atoms with Gasteiger partial charge in [-0.15, -0.1) is 0 Å². The summed E-state index contributed by atoms with van der Waals surface area (Å²) in [5, 5.41) is 0. The first-order chi connectivity index (χ1) is 14.7. The third kappa shape index (κ3) is 4.58. The van der Waals surface area contributed by atoms with Crippen molar-refractivity contribution in [3.63, 3.8) is 0 Å². The predicted octanol–water partition coefficient (Wildman–Crippen LogP) is 3.62. The number of benzene rings is 1. The third-order valence-electron chi connectivity index (χ3n) is 6.29. The zero-order valence-electron chi connectivity index (χ0n) is 18.3. The van der Waals surface area contributed by atoms with Crippen LogP contribution in [0.3, 0.4) is 0 Å². The van der Waals surface area contributed by atoms with Crippen LogP contribution in [0.2, 0.25) is 0 Å². The Morgan fingerprint density at radius 2 is 1.63 bits per heavy atom. The molecule has 3 heterocycles. The Labute approximate surface area is 179 Å². The van der Waals surface area contributed by atoms with Crippen LogP contribution in [0.4, 0.5) is 11.8 Å². The van der Waals surface area contributed by atoms with Crippen molar-refractivity contribution in [2.45, 2.75) is 45.4 Å². The van der Waals surface area contributed by atoms with Crippen molar-refractivity contribution in [3.05, 3.63) is 47.7 Å². The van der Waals surface area contributed by atoms with Gasteiger partial charge < -0.3 is 14.7 Å². The highest BCUT2D eigenvalue weighted by atomic mass is 16.2. The van der Waals surface area contributed by atoms with E-state index in [1.54, 1.807) is 0 Å². The average molecular weight is 408 g/mol. The molecule has 2 aliphatic heterocycles. The minimum Gasteiger partial charge on any atom is -0.353 e. The molecule has 0 radical (unpaired) electrons. The summed E-state index contributed by atoms with van der Waals surface area (Å²) in [7, 11) is 0. The van der Waals surface area contributed by atoms with Crippen LogP contribution < -0.4 is 9.80 Å². The number of hydrogen-bond donors (Lipinski definition) is 0. The highest BCUT2D eigenvalue weighted by Crippen LogP contribution is 2.25. The SMILES string of the molecule is CCC(C(=O)N1CCN(c2cc(C)nc(N3CCCCC3)n2)CC1)c1ccccc1. The molecule has 0 bridgehead atoms. The Morgan fingerprint density at radius 1 is 0.933 bits per heavy atom. The number of nitrogens with zero attached hydrogens (tertiary/aromatic N) is 5. The van der Waals surface area contributed by atoms with Gasteiger partial charge in [-0.1, -0.05) is 37.3 Å². The molecule has 6 nitrogen and oxygen atoms in total. The van der Waals surface area contributed by atoms with Crippen molar-refractivity contribution >= 4 is 17.7 Å². The Bertz CT molecular complexity index is 842. The van der Waals surface area contributed by atoms with Gasteiger partial charge in [0.25, 0.3) is 0 Å². The van der Waals surface area contributed by atoms with E-state index in [1.165, 1.54) is 19.3 Å². The fourth-order valence-corrected chi connectivity index (χ4v) is 4.55. The van der Waals surface area contributed by atoms with Crippen LogP contribution in [-0.4, -0.2) is 60.0 Å². The summed E-state index contributed by atoms with van der Waals surface area (Å²) in [6.45, 7) is 9.34. The molecule has 1 amide bonds. The molecule has 2 aliphatic rings. The molecule has 0 spiro atoms. The van der Waals surface area contributed by atoms with Gasteiger partial charge in [-0.05, 0) is 38.2 Å². The molecule has 1 aromatic carbocycles. The molecule has 0 N–H and O–H groups in total. The number of amides is 1. The van der Waals surface area contributed by atoms with Crippen LogP contribution in [0, 0.1) is 6.92 Å². The molecular weight excluding hydrogens is 374 g/mol. The van der Waals surface area contributed by atoms with Gasteiger partial charge in [0, 0.05) is 51.0 Å². The van der Waals surface area contributed by atoms with Gasteiger partial charge in [0.15, 0.2) is 0 Å². The number of piperidine rings is 1. The maximum atomic E-state index is 13.2. The highest BCUT2D eigenvalue weighted by Gasteiger charge is 2.28. The Kier molecular flexibility index (Phi) is 6.50. The molecule has 6 heteroatoms. The number of carbonyl (C=O) groups is 1. The summed E-state index contributed by atoms with van der Waals surface area (Å²) in [6, 6.07) is 12.2. The second kappa shape index (κ2) is 9.45. The Morgan fingerprint density at radius 3 is 2.30 bits per heavy atom. The van der Waals surface area contributed by atoms with Crippen LogP contribution >= 0.6 is 0 Å². The van der Waals surface area contributed by atoms with Crippen LogP contribution in [0.25, 0.3) is 0 Å². The molecular formula is C24H33N5O. The highest BCUT2D eigenvalue weighted by molar-refractivity contribution is 5.84. The van der Waals surface area contributed by atoms with E-state index in [-0.39, 0.29) is 11.8 Å². The summed E-state index contributed by atoms with van der Waals surface area (Å²) in [5.41, 5.74) is 2.12. The average Bonchev–Trinajstić information content (AvgIpc) is 2.80. The van der Waals surface area contributed by atoms with Crippen molar-refractivity contribution in [2.24, 2.45) is 0 Å². The van der Waals surface area contributed by atoms with Crippen molar-refractivity contribution in [3.8, 4) is 0 Å². The first-order valence-electron chi connectivity index (χ1n) is 11.3. The van der Waals surface area contributed by atoms with Crippen LogP contribution in [0.5, 0.6) is 0 Å². The van der Waals surface area contributed by atoms with E-state index in [4.69, 9.17) is 4.98 Å². The van der Waals surface area contributed by atoms with E-state index in [1.807, 2.05) is 30.0 Å². The first-order valence-corrected chi connectivity index (χ1v) is 11.3. The van der Waals surface area contributed by atoms with Crippen molar-refractivity contribution in [1.29, 1.82) is 0 Å². The number of carbonyl (C=O) groups excluding carboxylic acids is 1. The molecule has 30 heavy (non-hydrogen) atoms. The van der Waals surface area contributed by atoms with E-state index in [9.17, 15) is 4.79 Å². The van der Waals surface area contributed by atoms with Gasteiger partial charge in [-0.3, -0.25) is 4.79 Å². The molecule has 2 fully saturated rings. The monoisotopic (exact) mass is 407 g/mol. The molecule has 0 saturated carbocycles. The third-order valence-corrected chi connectivity index (χ3v) is 6.29. The number of anilines is 2. The smallest absolute Gasteiger partial charge is 0.230 e. The molecule has 160 valence electrons. The number of hydrogen-bond acceptors (Lipinski definition) is 5. The topological polar surface area (TPSA) is 52.6 Å². The number of aromatic nitrogens is 2. The quantitative estimate of drug-likeness (QED) is 0.758. The van der Waals surface area contributed by atoms with Crippen molar-refractivity contribution < 1.29 is 4.79 Å². The van der Waals surface area contributed by atoms with Gasteiger partial charge in [-0.2, -0.15) is 4.98 Å². The lowest BCUT2D eigenvalue weighted by molar-refractivity contribution is -0.133. The van der Waals surface area contributed by atoms with E-state index < -0.39 is 0 Å². The van der Waals surface area contributed by atoms with E-state index >= 15 is 0 Å². The molecule has 1 atom stereocenters. The maximum Gasteiger partial charge on any atom is 0.230 e. The summed E-state index contributed by atoms with van der Waals surface area (Å²) in [4.78, 5) is 29.4. The minimum atomic E-state index is -0.0512. The molecule has 2 aromatic rings. The van der Waals surface area contributed by atoms with E-state index in [0.29, 0.717) is 0 Å². The van der Waals surface area contributed by atoms with E-state index in [0.717, 1.165) is 68.7 Å². The van der Waals surface area contributed by atoms with Gasteiger partial charge in [0.05, 0.1) is 5.92 Å². The lowest BCUT2D eigenvalue weighted by atomic mass is 9.95. The zero-order chi connectivity index (χ0) is 20.9. The summed E-state index contributed by atoms with van der Waals surface area (Å²) in [5.74, 6) is 2.05. The number of rotatable bonds is 5. The van der Waals surface area contributed by atoms with Gasteiger partial charge in [0.2, 0.25) is 11.9 Å². The molecule has 2 saturated heterocycles.